The van der Waals surface area contributed by atoms with Crippen molar-refractivity contribution in [2.75, 3.05) is 7.11 Å². The van der Waals surface area contributed by atoms with Gasteiger partial charge >= 0.3 is 5.97 Å². The van der Waals surface area contributed by atoms with Crippen LogP contribution in [-0.4, -0.2) is 22.6 Å². The molecule has 1 aromatic heterocycles. The Labute approximate surface area is 177 Å². The molecule has 0 saturated heterocycles. The molecule has 4 aromatic rings. The minimum Gasteiger partial charge on any atom is -0.465 e. The first-order chi connectivity index (χ1) is 14.5. The van der Waals surface area contributed by atoms with Crippen LogP contribution in [0.2, 0.25) is 0 Å². The van der Waals surface area contributed by atoms with E-state index in [1.165, 1.54) is 12.7 Å². The fraction of sp³-hybridized carbons (Fsp3) is 0.231. The van der Waals surface area contributed by atoms with Gasteiger partial charge in [-0.3, -0.25) is 0 Å². The zero-order valence-corrected chi connectivity index (χ0v) is 17.8. The second-order valence-corrected chi connectivity index (χ2v) is 8.05. The van der Waals surface area contributed by atoms with E-state index in [1.54, 1.807) is 0 Å². The largest absolute Gasteiger partial charge is 0.465 e. The number of methoxy groups -OCH3 is 1. The topological polar surface area (TPSA) is 44.1 Å². The first-order valence-corrected chi connectivity index (χ1v) is 10.2. The van der Waals surface area contributed by atoms with E-state index in [0.717, 1.165) is 40.1 Å². The third-order valence-corrected chi connectivity index (χ3v) is 5.22. The van der Waals surface area contributed by atoms with Crippen LogP contribution in [0.25, 0.3) is 33.5 Å². The van der Waals surface area contributed by atoms with Crippen LogP contribution in [-0.2, 0) is 11.3 Å². The molecule has 0 unspecified atom stereocenters. The molecule has 0 spiro atoms. The summed E-state index contributed by atoms with van der Waals surface area (Å²) in [6.45, 7) is 7.34. The molecule has 4 nitrogen and oxygen atoms in total. The number of aryl methyl sites for hydroxylation is 1. The summed E-state index contributed by atoms with van der Waals surface area (Å²) in [6, 6.07) is 22.5. The molecule has 0 amide bonds. The summed E-state index contributed by atoms with van der Waals surface area (Å²) in [6.07, 6.45) is 0. The second kappa shape index (κ2) is 8.15. The highest BCUT2D eigenvalue weighted by molar-refractivity contribution is 5.95. The number of rotatable bonds is 5. The van der Waals surface area contributed by atoms with Crippen LogP contribution in [0.3, 0.4) is 0 Å². The van der Waals surface area contributed by atoms with Crippen molar-refractivity contribution >= 4 is 17.0 Å². The molecule has 0 radical (unpaired) electrons. The van der Waals surface area contributed by atoms with Crippen LogP contribution in [0.1, 0.15) is 29.8 Å². The van der Waals surface area contributed by atoms with Gasteiger partial charge in [-0.15, -0.1) is 0 Å². The Morgan fingerprint density at radius 2 is 1.77 bits per heavy atom. The van der Waals surface area contributed by atoms with Gasteiger partial charge in [0.1, 0.15) is 5.82 Å². The summed E-state index contributed by atoms with van der Waals surface area (Å²) in [4.78, 5) is 17.0. The number of ether oxygens (including phenoxy) is 1. The Morgan fingerprint density at radius 1 is 1.00 bits per heavy atom. The van der Waals surface area contributed by atoms with Crippen molar-refractivity contribution in [3.05, 3.63) is 77.9 Å². The molecule has 0 aliphatic carbocycles. The van der Waals surface area contributed by atoms with Gasteiger partial charge in [-0.2, -0.15) is 0 Å². The Bertz CT molecular complexity index is 1210. The minimum absolute atomic E-state index is 0.350. The molecule has 0 saturated carbocycles. The lowest BCUT2D eigenvalue weighted by atomic mass is 9.97. The highest BCUT2D eigenvalue weighted by Gasteiger charge is 2.19. The molecule has 1 heterocycles. The number of hydrogen-bond acceptors (Lipinski definition) is 3. The van der Waals surface area contributed by atoms with Gasteiger partial charge in [0, 0.05) is 12.1 Å². The number of esters is 1. The lowest BCUT2D eigenvalue weighted by Crippen LogP contribution is -2.07. The number of nitrogens with zero attached hydrogens (tertiary/aromatic N) is 2. The first-order valence-electron chi connectivity index (χ1n) is 10.2. The summed E-state index contributed by atoms with van der Waals surface area (Å²) in [7, 11) is 1.40. The minimum atomic E-state index is -0.350. The summed E-state index contributed by atoms with van der Waals surface area (Å²) in [5, 5.41) is 0. The predicted molar refractivity (Wildman–Crippen MR) is 122 cm³/mol. The van der Waals surface area contributed by atoms with Gasteiger partial charge in [-0.05, 0) is 48.2 Å². The van der Waals surface area contributed by atoms with Crippen LogP contribution in [0.4, 0.5) is 0 Å². The quantitative estimate of drug-likeness (QED) is 0.380. The van der Waals surface area contributed by atoms with Crippen molar-refractivity contribution in [3.63, 3.8) is 0 Å². The highest BCUT2D eigenvalue weighted by Crippen LogP contribution is 2.35. The van der Waals surface area contributed by atoms with Crippen molar-refractivity contribution < 1.29 is 9.53 Å². The van der Waals surface area contributed by atoms with Crippen LogP contribution in [0.15, 0.2) is 66.7 Å². The van der Waals surface area contributed by atoms with Crippen LogP contribution < -0.4 is 0 Å². The van der Waals surface area contributed by atoms with E-state index in [1.807, 2.05) is 24.3 Å². The monoisotopic (exact) mass is 398 g/mol. The van der Waals surface area contributed by atoms with Gasteiger partial charge in [0.05, 0.1) is 23.7 Å². The Balaban J connectivity index is 1.98. The van der Waals surface area contributed by atoms with E-state index >= 15 is 0 Å². The standard InChI is InChI=1S/C26H26N2O2/c1-17(2)16-28-24-13-11-20(26(29)30-4)15-23(24)27-25(28)22-14-18(3)10-12-21(22)19-8-6-5-7-9-19/h5-15,17H,16H2,1-4H3. The summed E-state index contributed by atoms with van der Waals surface area (Å²) >= 11 is 0. The number of imidazole rings is 1. The first kappa shape index (κ1) is 19.9. The summed E-state index contributed by atoms with van der Waals surface area (Å²) < 4.78 is 7.16. The van der Waals surface area contributed by atoms with Crippen LogP contribution in [0.5, 0.6) is 0 Å². The number of fused-ring (bicyclic) bond motifs is 1. The lowest BCUT2D eigenvalue weighted by molar-refractivity contribution is 0.0601. The Hall–Kier alpha value is -3.40. The van der Waals surface area contributed by atoms with Crippen molar-refractivity contribution in [1.82, 2.24) is 9.55 Å². The molecule has 0 aliphatic heterocycles. The van der Waals surface area contributed by atoms with Crippen LogP contribution in [0, 0.1) is 12.8 Å². The van der Waals surface area contributed by atoms with E-state index in [2.05, 4.69) is 67.8 Å². The third-order valence-electron chi connectivity index (χ3n) is 5.22. The molecule has 0 N–H and O–H groups in total. The molecular formula is C26H26N2O2. The number of hydrogen-bond donors (Lipinski definition) is 0. The molecule has 0 bridgehead atoms. The second-order valence-electron chi connectivity index (χ2n) is 8.05. The van der Waals surface area contributed by atoms with Crippen molar-refractivity contribution in [2.24, 2.45) is 5.92 Å². The number of carbonyl (C=O) groups excluding carboxylic acids is 1. The van der Waals surface area contributed by atoms with Crippen LogP contribution >= 0.6 is 0 Å². The maximum Gasteiger partial charge on any atom is 0.337 e. The highest BCUT2D eigenvalue weighted by atomic mass is 16.5. The zero-order chi connectivity index (χ0) is 21.3. The Kier molecular flexibility index (Phi) is 5.40. The molecule has 0 atom stereocenters. The van der Waals surface area contributed by atoms with Gasteiger partial charge in [0.2, 0.25) is 0 Å². The molecule has 4 heteroatoms. The number of benzene rings is 3. The van der Waals surface area contributed by atoms with Crippen molar-refractivity contribution in [3.8, 4) is 22.5 Å². The fourth-order valence-corrected chi connectivity index (χ4v) is 3.84. The maximum absolute atomic E-state index is 12.0. The van der Waals surface area contributed by atoms with Gasteiger partial charge in [-0.25, -0.2) is 9.78 Å². The molecule has 0 fully saturated rings. The SMILES string of the molecule is COC(=O)c1ccc2c(c1)nc(-c1cc(C)ccc1-c1ccccc1)n2CC(C)C. The normalized spacial score (nSPS) is 11.2. The fourth-order valence-electron chi connectivity index (χ4n) is 3.84. The molecule has 0 aliphatic rings. The zero-order valence-electron chi connectivity index (χ0n) is 17.8. The summed E-state index contributed by atoms with van der Waals surface area (Å²) in [5.41, 5.74) is 6.92. The third kappa shape index (κ3) is 3.73. The lowest BCUT2D eigenvalue weighted by Gasteiger charge is -2.15. The molecule has 152 valence electrons. The molecule has 4 rings (SSSR count). The van der Waals surface area contributed by atoms with E-state index in [0.29, 0.717) is 11.5 Å². The molecular weight excluding hydrogens is 372 g/mol. The van der Waals surface area contributed by atoms with Crippen molar-refractivity contribution in [2.45, 2.75) is 27.3 Å². The maximum atomic E-state index is 12.0. The predicted octanol–water partition coefficient (Wildman–Crippen LogP) is 6.12. The number of carbonyl (C=O) groups is 1. The van der Waals surface area contributed by atoms with E-state index in [-0.39, 0.29) is 5.97 Å². The van der Waals surface area contributed by atoms with Gasteiger partial charge < -0.3 is 9.30 Å². The van der Waals surface area contributed by atoms with Gasteiger partial charge in [0.25, 0.3) is 0 Å². The average Bonchev–Trinajstić information content (AvgIpc) is 3.10. The van der Waals surface area contributed by atoms with Crippen molar-refractivity contribution in [1.29, 1.82) is 0 Å². The van der Waals surface area contributed by atoms with E-state index in [9.17, 15) is 4.79 Å². The molecule has 30 heavy (non-hydrogen) atoms. The number of aromatic nitrogens is 2. The molecule has 3 aromatic carbocycles. The van der Waals surface area contributed by atoms with E-state index < -0.39 is 0 Å². The van der Waals surface area contributed by atoms with Gasteiger partial charge in [0.15, 0.2) is 0 Å². The smallest absolute Gasteiger partial charge is 0.337 e. The van der Waals surface area contributed by atoms with Gasteiger partial charge in [-0.1, -0.05) is 61.9 Å². The van der Waals surface area contributed by atoms with E-state index in [4.69, 9.17) is 9.72 Å². The Morgan fingerprint density at radius 3 is 2.47 bits per heavy atom. The summed E-state index contributed by atoms with van der Waals surface area (Å²) in [5.74, 6) is 1.02. The average molecular weight is 399 g/mol.